The van der Waals surface area contributed by atoms with Gasteiger partial charge in [-0.15, -0.1) is 0 Å². The normalized spacial score (nSPS) is 11.5. The maximum atomic E-state index is 10.3. The minimum absolute atomic E-state index is 0.287. The van der Waals surface area contributed by atoms with Gasteiger partial charge in [0.15, 0.2) is 0 Å². The summed E-state index contributed by atoms with van der Waals surface area (Å²) in [6.45, 7) is 51.0. The fourth-order valence-corrected chi connectivity index (χ4v) is 7.47. The molecular weight excluding hydrogens is 975 g/mol. The quantitative estimate of drug-likeness (QED) is 0.0814. The number of Topliss-reactive ketones (excluding diaryl/α,β-unsaturated/α-hetero) is 2. The Morgan fingerprint density at radius 2 is 0.938 bits per heavy atom. The van der Waals surface area contributed by atoms with Crippen LogP contribution in [0.3, 0.4) is 0 Å². The molecule has 80 heavy (non-hydrogen) atoms. The average Bonchev–Trinajstić information content (AvgIpc) is 4.04. The zero-order valence-electron chi connectivity index (χ0n) is 56.5. The van der Waals surface area contributed by atoms with Gasteiger partial charge in [0, 0.05) is 37.6 Å². The summed E-state index contributed by atoms with van der Waals surface area (Å²) in [5.41, 5.74) is 13.8. The molecule has 0 amide bonds. The second kappa shape index (κ2) is 52.2. The standard InChI is InChI=1S/C14H16.C13H16.C10H14.C8H13N.C6H14N2.2C6H12O.2C5H12.C2H6/c1-11(2)9-12-7-8-13-5-3-4-6-14(13)10-12;1-10(2)9-12-8-7-11-5-3-4-6-13(11)12;1-9(2)8-10-6-4-3-5-7-10;1-7(2)6-8-4-3-5-9-8;1-5(2)3-4-6(7)8;2*1-5(2)4-6(3)7;2*1-4-5(2)3;1-2/h3-8,10-11H,9H2,1-2H3;3-6,8,10H,7,9H2,1-2H3;3-7,9H,8H2,1-2H3;4-5,7H,3,6H2,1-2H3;5H,3-4H2,1-2H3,(H3,7,8);2*5H,4H2,1-3H3;2*5H,4H2,1-3H3;1-2H3. The Labute approximate surface area is 496 Å². The Bertz CT molecular complexity index is 2170. The molecule has 454 valence electrons. The van der Waals surface area contributed by atoms with E-state index in [1.165, 1.54) is 70.8 Å². The van der Waals surface area contributed by atoms with Crippen molar-refractivity contribution in [1.29, 1.82) is 5.41 Å². The number of carbonyl (C=O) groups is 2. The molecule has 3 N–H and O–H groups in total. The highest BCUT2D eigenvalue weighted by Crippen LogP contribution is 2.31. The van der Waals surface area contributed by atoms with Gasteiger partial charge in [-0.3, -0.25) is 10.4 Å². The number of fused-ring (bicyclic) bond motifs is 2. The van der Waals surface area contributed by atoms with Crippen molar-refractivity contribution < 1.29 is 9.59 Å². The van der Waals surface area contributed by atoms with Crippen molar-refractivity contribution in [1.82, 2.24) is 0 Å². The molecular formula is C75H127N3O2. The van der Waals surface area contributed by atoms with Crippen molar-refractivity contribution in [2.24, 2.45) is 64.0 Å². The van der Waals surface area contributed by atoms with Crippen molar-refractivity contribution >= 4 is 40.0 Å². The molecule has 0 aromatic heterocycles. The molecule has 1 aliphatic heterocycles. The molecule has 0 atom stereocenters. The van der Waals surface area contributed by atoms with Gasteiger partial charge in [0.2, 0.25) is 0 Å². The lowest BCUT2D eigenvalue weighted by atomic mass is 9.98. The van der Waals surface area contributed by atoms with Gasteiger partial charge in [0.25, 0.3) is 0 Å². The summed E-state index contributed by atoms with van der Waals surface area (Å²) in [7, 11) is 0. The maximum absolute atomic E-state index is 10.3. The van der Waals surface area contributed by atoms with Crippen LogP contribution in [0.25, 0.3) is 16.3 Å². The first-order valence-corrected chi connectivity index (χ1v) is 31.3. The molecule has 5 heteroatoms. The third kappa shape index (κ3) is 55.0. The van der Waals surface area contributed by atoms with Gasteiger partial charge in [-0.25, -0.2) is 0 Å². The Morgan fingerprint density at radius 3 is 1.31 bits per heavy atom. The molecule has 1 heterocycles. The second-order valence-electron chi connectivity index (χ2n) is 25.1. The molecule has 6 rings (SSSR count). The van der Waals surface area contributed by atoms with E-state index in [0.717, 1.165) is 80.5 Å². The predicted octanol–water partition coefficient (Wildman–Crippen LogP) is 22.7. The molecule has 0 radical (unpaired) electrons. The smallest absolute Gasteiger partial charge is 0.130 e. The van der Waals surface area contributed by atoms with Crippen molar-refractivity contribution in [3.05, 3.63) is 137 Å². The fourth-order valence-electron chi connectivity index (χ4n) is 7.47. The minimum atomic E-state index is 0.287. The Morgan fingerprint density at radius 1 is 0.500 bits per heavy atom. The number of hydrogen-bond donors (Lipinski definition) is 2. The van der Waals surface area contributed by atoms with Crippen LogP contribution in [0.15, 0.2) is 120 Å². The van der Waals surface area contributed by atoms with Crippen LogP contribution in [0.4, 0.5) is 0 Å². The number of benzene rings is 4. The number of aliphatic imine (C=N–C) groups is 1. The summed E-state index contributed by atoms with van der Waals surface area (Å²) in [5.74, 6) is 7.37. The number of rotatable bonds is 17. The number of nitrogens with zero attached hydrogens (tertiary/aromatic N) is 1. The summed E-state index contributed by atoms with van der Waals surface area (Å²) in [4.78, 5) is 24.7. The van der Waals surface area contributed by atoms with Gasteiger partial charge >= 0.3 is 0 Å². The van der Waals surface area contributed by atoms with Gasteiger partial charge in [-0.2, -0.15) is 0 Å². The maximum Gasteiger partial charge on any atom is 0.130 e. The first-order chi connectivity index (χ1) is 37.5. The molecule has 1 aliphatic carbocycles. The van der Waals surface area contributed by atoms with E-state index in [0.29, 0.717) is 23.6 Å². The lowest BCUT2D eigenvalue weighted by Gasteiger charge is -2.07. The number of ketones is 2. The van der Waals surface area contributed by atoms with Crippen molar-refractivity contribution in [2.75, 3.05) is 0 Å². The number of allylic oxidation sites excluding steroid dienone is 4. The molecule has 0 saturated heterocycles. The largest absolute Gasteiger partial charge is 0.388 e. The molecule has 4 aromatic rings. The van der Waals surface area contributed by atoms with E-state index in [1.54, 1.807) is 19.4 Å². The number of nitrogens with one attached hydrogen (secondary N) is 1. The monoisotopic (exact) mass is 1100 g/mol. The highest BCUT2D eigenvalue weighted by atomic mass is 16.1. The van der Waals surface area contributed by atoms with E-state index < -0.39 is 0 Å². The molecule has 0 unspecified atom stereocenters. The van der Waals surface area contributed by atoms with E-state index >= 15 is 0 Å². The van der Waals surface area contributed by atoms with Crippen LogP contribution < -0.4 is 5.73 Å². The predicted molar refractivity (Wildman–Crippen MR) is 364 cm³/mol. The van der Waals surface area contributed by atoms with Crippen molar-refractivity contribution in [3.63, 3.8) is 0 Å². The average molecular weight is 1100 g/mol. The van der Waals surface area contributed by atoms with Gasteiger partial charge < -0.3 is 15.3 Å². The molecule has 2 aliphatic rings. The Hall–Kier alpha value is -4.90. The van der Waals surface area contributed by atoms with E-state index in [1.807, 2.05) is 47.8 Å². The second-order valence-corrected chi connectivity index (χ2v) is 25.1. The SMILES string of the molecule is CC.CC(=O)CC(C)C.CC(=O)CC(C)C.CC(C)CC1=CCC=N1.CC(C)CC1=CCc2ccccc21.CC(C)CCC(=N)N.CC(C)Cc1ccc2ccccc2c1.CC(C)Cc1ccccc1.CCC(C)C.CCC(C)C. The van der Waals surface area contributed by atoms with Crippen LogP contribution >= 0.6 is 0 Å². The Kier molecular flexibility index (Phi) is 53.2. The molecule has 0 spiro atoms. The van der Waals surface area contributed by atoms with Crippen LogP contribution in [-0.4, -0.2) is 23.6 Å². The summed E-state index contributed by atoms with van der Waals surface area (Å²) < 4.78 is 0. The number of amidine groups is 1. The van der Waals surface area contributed by atoms with Crippen LogP contribution in [0.5, 0.6) is 0 Å². The first-order valence-electron chi connectivity index (χ1n) is 31.3. The van der Waals surface area contributed by atoms with Gasteiger partial charge in [0.05, 0.1) is 5.84 Å². The van der Waals surface area contributed by atoms with Crippen molar-refractivity contribution in [2.45, 2.75) is 243 Å². The van der Waals surface area contributed by atoms with E-state index in [9.17, 15) is 9.59 Å². The molecule has 4 aromatic carbocycles. The van der Waals surface area contributed by atoms with Crippen LogP contribution in [0, 0.1) is 58.7 Å². The fraction of sp³-hybridized carbons (Fsp3) is 0.600. The lowest BCUT2D eigenvalue weighted by Crippen LogP contribution is -2.09. The molecule has 5 nitrogen and oxygen atoms in total. The molecule has 0 bridgehead atoms. The van der Waals surface area contributed by atoms with Gasteiger partial charge in [-0.1, -0.05) is 274 Å². The van der Waals surface area contributed by atoms with E-state index in [2.05, 4.69) is 225 Å². The first kappa shape index (κ1) is 81.6. The topological polar surface area (TPSA) is 96.4 Å². The van der Waals surface area contributed by atoms with Crippen molar-refractivity contribution in [3.8, 4) is 0 Å². The van der Waals surface area contributed by atoms with Gasteiger partial charge in [-0.05, 0) is 144 Å². The number of hydrogen-bond acceptors (Lipinski definition) is 4. The number of carbonyl (C=O) groups excluding carboxylic acids is 2. The highest BCUT2D eigenvalue weighted by Gasteiger charge is 2.13. The molecule has 0 fully saturated rings. The lowest BCUT2D eigenvalue weighted by molar-refractivity contribution is -0.118. The van der Waals surface area contributed by atoms with E-state index in [4.69, 9.17) is 11.1 Å². The summed E-state index contributed by atoms with van der Waals surface area (Å²) in [6, 6.07) is 34.6. The summed E-state index contributed by atoms with van der Waals surface area (Å²) >= 11 is 0. The van der Waals surface area contributed by atoms with Crippen LogP contribution in [-0.2, 0) is 28.9 Å². The van der Waals surface area contributed by atoms with E-state index in [-0.39, 0.29) is 11.6 Å². The molecule has 0 saturated carbocycles. The summed E-state index contributed by atoms with van der Waals surface area (Å²) in [6.07, 6.45) is 19.3. The zero-order chi connectivity index (χ0) is 62.2. The zero-order valence-corrected chi connectivity index (χ0v) is 56.5. The van der Waals surface area contributed by atoms with Crippen LogP contribution in [0.1, 0.15) is 246 Å². The number of nitrogens with two attached hydrogens (primary N) is 1. The minimum Gasteiger partial charge on any atom is -0.388 e. The van der Waals surface area contributed by atoms with Gasteiger partial charge in [0.1, 0.15) is 11.6 Å². The van der Waals surface area contributed by atoms with Crippen LogP contribution in [0.2, 0.25) is 0 Å². The third-order valence-corrected chi connectivity index (χ3v) is 11.9. The summed E-state index contributed by atoms with van der Waals surface area (Å²) in [5, 5.41) is 9.55. The highest BCUT2D eigenvalue weighted by molar-refractivity contribution is 5.83. The Balaban J connectivity index is -0.000000413. The third-order valence-electron chi connectivity index (χ3n) is 11.9.